The molecule has 4 heteroatoms. The number of anilines is 1. The summed E-state index contributed by atoms with van der Waals surface area (Å²) in [6, 6.07) is 15.8. The topological polar surface area (TPSA) is 38.3 Å². The van der Waals surface area contributed by atoms with Gasteiger partial charge >= 0.3 is 5.97 Å². The summed E-state index contributed by atoms with van der Waals surface area (Å²) in [5.74, 6) is 0.629. The fraction of sp³-hybridized carbons (Fsp3) is 0.269. The van der Waals surface area contributed by atoms with Gasteiger partial charge in [-0.3, -0.25) is 0 Å². The minimum atomic E-state index is -0.456. The minimum absolute atomic E-state index is 0.273. The van der Waals surface area contributed by atoms with Crippen LogP contribution in [0.5, 0.6) is 0 Å². The molecule has 3 aromatic carbocycles. The van der Waals surface area contributed by atoms with Gasteiger partial charge < -0.3 is 10.1 Å². The number of thioether (sulfide) groups is 1. The van der Waals surface area contributed by atoms with E-state index in [1.807, 2.05) is 54.2 Å². The molecule has 0 saturated heterocycles. The van der Waals surface area contributed by atoms with Gasteiger partial charge in [-0.25, -0.2) is 4.79 Å². The first-order chi connectivity index (χ1) is 14.4. The number of hydrogen-bond donors (Lipinski definition) is 1. The van der Waals surface area contributed by atoms with Crippen LogP contribution < -0.4 is 5.32 Å². The van der Waals surface area contributed by atoms with Gasteiger partial charge in [-0.2, -0.15) is 0 Å². The van der Waals surface area contributed by atoms with Crippen LogP contribution in [0.3, 0.4) is 0 Å². The van der Waals surface area contributed by atoms with E-state index in [2.05, 4.69) is 46.0 Å². The Morgan fingerprint density at radius 2 is 1.43 bits per heavy atom. The van der Waals surface area contributed by atoms with Crippen molar-refractivity contribution >= 4 is 23.4 Å². The molecule has 0 saturated carbocycles. The molecule has 0 amide bonds. The van der Waals surface area contributed by atoms with Crippen molar-refractivity contribution in [2.45, 2.75) is 51.5 Å². The number of nitrogens with one attached hydrogen (secondary N) is 1. The van der Waals surface area contributed by atoms with Crippen molar-refractivity contribution in [1.82, 2.24) is 0 Å². The largest absolute Gasteiger partial charge is 0.434 e. The lowest BCUT2D eigenvalue weighted by atomic mass is 9.90. The Bertz CT molecular complexity index is 1110. The maximum Gasteiger partial charge on any atom is 0.340 e. The molecule has 1 aliphatic rings. The fourth-order valence-electron chi connectivity index (χ4n) is 4.05. The maximum atomic E-state index is 12.2. The molecule has 3 nitrogen and oxygen atoms in total. The van der Waals surface area contributed by atoms with Crippen molar-refractivity contribution in [2.24, 2.45) is 0 Å². The highest BCUT2D eigenvalue weighted by molar-refractivity contribution is 7.98. The highest BCUT2D eigenvalue weighted by Gasteiger charge is 2.30. The van der Waals surface area contributed by atoms with Gasteiger partial charge in [-0.15, -0.1) is 11.8 Å². The van der Waals surface area contributed by atoms with E-state index in [0.717, 1.165) is 21.9 Å². The molecule has 154 valence electrons. The Balaban J connectivity index is 1.58. The van der Waals surface area contributed by atoms with Crippen LogP contribution >= 0.6 is 11.8 Å². The molecular formula is C26H27NO2S. The predicted molar refractivity (Wildman–Crippen MR) is 124 cm³/mol. The first-order valence-electron chi connectivity index (χ1n) is 10.2. The zero-order valence-corrected chi connectivity index (χ0v) is 18.9. The van der Waals surface area contributed by atoms with Crippen LogP contribution in [0.25, 0.3) is 0 Å². The summed E-state index contributed by atoms with van der Waals surface area (Å²) >= 11 is 1.81. The SMILES string of the molecule is Cc1c(C)c(C)c(CSc2ccccc2N[C@H]2OC(=O)c3ccccc32)c(C)c1C. The summed E-state index contributed by atoms with van der Waals surface area (Å²) in [5.41, 5.74) is 10.8. The molecular weight excluding hydrogens is 390 g/mol. The average Bonchev–Trinajstić information content (AvgIpc) is 3.07. The summed E-state index contributed by atoms with van der Waals surface area (Å²) < 4.78 is 5.58. The van der Waals surface area contributed by atoms with Crippen molar-refractivity contribution in [3.63, 3.8) is 0 Å². The molecule has 3 aromatic rings. The Labute approximate surface area is 182 Å². The molecule has 0 bridgehead atoms. The Kier molecular flexibility index (Phi) is 5.61. The van der Waals surface area contributed by atoms with E-state index in [1.165, 1.54) is 33.4 Å². The van der Waals surface area contributed by atoms with Crippen molar-refractivity contribution in [3.8, 4) is 0 Å². The van der Waals surface area contributed by atoms with Crippen LogP contribution in [0.2, 0.25) is 0 Å². The van der Waals surface area contributed by atoms with Gasteiger partial charge in [0.2, 0.25) is 6.23 Å². The van der Waals surface area contributed by atoms with E-state index in [-0.39, 0.29) is 5.97 Å². The Morgan fingerprint density at radius 3 is 2.17 bits per heavy atom. The van der Waals surface area contributed by atoms with Crippen LogP contribution in [0.1, 0.15) is 55.5 Å². The summed E-state index contributed by atoms with van der Waals surface area (Å²) in [4.78, 5) is 13.3. The number of rotatable bonds is 5. The number of benzene rings is 3. The molecule has 0 aliphatic carbocycles. The molecule has 0 fully saturated rings. The van der Waals surface area contributed by atoms with Crippen LogP contribution in [-0.4, -0.2) is 5.97 Å². The van der Waals surface area contributed by atoms with Crippen molar-refractivity contribution in [1.29, 1.82) is 0 Å². The number of esters is 1. The molecule has 0 aromatic heterocycles. The molecule has 0 unspecified atom stereocenters. The zero-order chi connectivity index (χ0) is 21.4. The highest BCUT2D eigenvalue weighted by atomic mass is 32.2. The van der Waals surface area contributed by atoms with E-state index in [4.69, 9.17) is 4.74 Å². The third-order valence-corrected chi connectivity index (χ3v) is 7.49. The van der Waals surface area contributed by atoms with Crippen molar-refractivity contribution in [2.75, 3.05) is 5.32 Å². The second-order valence-electron chi connectivity index (χ2n) is 7.91. The number of carbonyl (C=O) groups excluding carboxylic acids is 1. The number of carbonyl (C=O) groups is 1. The van der Waals surface area contributed by atoms with Crippen LogP contribution in [0.4, 0.5) is 5.69 Å². The Hall–Kier alpha value is -2.72. The van der Waals surface area contributed by atoms with Crippen LogP contribution in [0, 0.1) is 34.6 Å². The van der Waals surface area contributed by atoms with Gasteiger partial charge in [0.05, 0.1) is 11.3 Å². The second kappa shape index (κ2) is 8.19. The summed E-state index contributed by atoms with van der Waals surface area (Å²) in [7, 11) is 0. The predicted octanol–water partition coefficient (Wildman–Crippen LogP) is 6.80. The molecule has 1 atom stereocenters. The summed E-state index contributed by atoms with van der Waals surface area (Å²) in [5, 5.41) is 3.43. The van der Waals surface area contributed by atoms with Gasteiger partial charge in [0, 0.05) is 16.2 Å². The second-order valence-corrected chi connectivity index (χ2v) is 8.92. The molecule has 0 radical (unpaired) electrons. The third-order valence-electron chi connectivity index (χ3n) is 6.39. The number of cyclic esters (lactones) is 1. The summed E-state index contributed by atoms with van der Waals surface area (Å²) in [6.45, 7) is 11.1. The van der Waals surface area contributed by atoms with Gasteiger partial charge in [0.25, 0.3) is 0 Å². The average molecular weight is 418 g/mol. The van der Waals surface area contributed by atoms with Crippen molar-refractivity contribution in [3.05, 3.63) is 93.0 Å². The summed E-state index contributed by atoms with van der Waals surface area (Å²) in [6.07, 6.45) is -0.456. The first kappa shape index (κ1) is 20.5. The number of fused-ring (bicyclic) bond motifs is 1. The number of ether oxygens (including phenoxy) is 1. The Morgan fingerprint density at radius 1 is 0.833 bits per heavy atom. The quantitative estimate of drug-likeness (QED) is 0.366. The van der Waals surface area contributed by atoms with Crippen LogP contribution in [-0.2, 0) is 10.5 Å². The first-order valence-corrected chi connectivity index (χ1v) is 11.2. The van der Waals surface area contributed by atoms with E-state index < -0.39 is 6.23 Å². The van der Waals surface area contributed by atoms with Gasteiger partial charge in [-0.05, 0) is 86.2 Å². The van der Waals surface area contributed by atoms with Gasteiger partial charge in [-0.1, -0.05) is 30.3 Å². The fourth-order valence-corrected chi connectivity index (χ4v) is 5.24. The normalized spacial score (nSPS) is 15.1. The molecule has 4 rings (SSSR count). The van der Waals surface area contributed by atoms with Crippen molar-refractivity contribution < 1.29 is 9.53 Å². The lowest BCUT2D eigenvalue weighted by molar-refractivity contribution is 0.0437. The molecule has 1 N–H and O–H groups in total. The van der Waals surface area contributed by atoms with Gasteiger partial charge in [0.15, 0.2) is 0 Å². The number of para-hydroxylation sites is 1. The third kappa shape index (κ3) is 3.61. The van der Waals surface area contributed by atoms with E-state index in [9.17, 15) is 4.79 Å². The van der Waals surface area contributed by atoms with E-state index in [1.54, 1.807) is 0 Å². The smallest absolute Gasteiger partial charge is 0.340 e. The van der Waals surface area contributed by atoms with Crippen LogP contribution in [0.15, 0.2) is 53.4 Å². The maximum absolute atomic E-state index is 12.2. The molecule has 0 spiro atoms. The standard InChI is InChI=1S/C26H27NO2S/c1-15-16(2)18(4)22(19(5)17(15)3)14-30-24-13-9-8-12-23(24)27-25-20-10-6-7-11-21(20)26(28)29-25/h6-13,25,27H,14H2,1-5H3/t25-/m0/s1. The molecule has 1 heterocycles. The lowest BCUT2D eigenvalue weighted by Gasteiger charge is -2.20. The monoisotopic (exact) mass is 417 g/mol. The molecule has 30 heavy (non-hydrogen) atoms. The minimum Gasteiger partial charge on any atom is -0.434 e. The lowest BCUT2D eigenvalue weighted by Crippen LogP contribution is -2.11. The van der Waals surface area contributed by atoms with Gasteiger partial charge in [0.1, 0.15) is 0 Å². The van der Waals surface area contributed by atoms with E-state index in [0.29, 0.717) is 5.56 Å². The van der Waals surface area contributed by atoms with E-state index >= 15 is 0 Å². The number of hydrogen-bond acceptors (Lipinski definition) is 4. The zero-order valence-electron chi connectivity index (χ0n) is 18.1. The highest BCUT2D eigenvalue weighted by Crippen LogP contribution is 2.37. The molecule has 1 aliphatic heterocycles.